The van der Waals surface area contributed by atoms with Crippen molar-refractivity contribution < 1.29 is 0 Å². The average Bonchev–Trinajstić information content (AvgIpc) is 2.87. The van der Waals surface area contributed by atoms with Crippen molar-refractivity contribution in [2.24, 2.45) is 5.73 Å². The summed E-state index contributed by atoms with van der Waals surface area (Å²) in [6.45, 7) is 2.95. The Morgan fingerprint density at radius 2 is 2.44 bits per heavy atom. The van der Waals surface area contributed by atoms with Gasteiger partial charge in [-0.1, -0.05) is 0 Å². The van der Waals surface area contributed by atoms with Gasteiger partial charge in [0.2, 0.25) is 0 Å². The molecule has 0 radical (unpaired) electrons. The fraction of sp³-hybridized carbons (Fsp3) is 0.417. The number of hydrogen-bond acceptors (Lipinski definition) is 2. The van der Waals surface area contributed by atoms with Crippen molar-refractivity contribution in [3.05, 3.63) is 30.0 Å². The standard InChI is InChI=1S/C12H16N4/c1-8-15-12(9-4-5-14-6-9)11-3-2-10(13)7-16(8)11/h4-6,10,14H,2-3,7,13H2,1H3. The van der Waals surface area contributed by atoms with Crippen LogP contribution in [0.4, 0.5) is 0 Å². The van der Waals surface area contributed by atoms with Crippen LogP contribution in [0, 0.1) is 6.92 Å². The van der Waals surface area contributed by atoms with Crippen LogP contribution in [0.25, 0.3) is 11.3 Å². The van der Waals surface area contributed by atoms with Gasteiger partial charge in [-0.3, -0.25) is 0 Å². The highest BCUT2D eigenvalue weighted by molar-refractivity contribution is 5.62. The summed E-state index contributed by atoms with van der Waals surface area (Å²) in [5, 5.41) is 0. The molecule has 0 amide bonds. The Morgan fingerprint density at radius 3 is 3.19 bits per heavy atom. The molecule has 2 aromatic heterocycles. The molecular formula is C12H16N4. The van der Waals surface area contributed by atoms with Gasteiger partial charge in [-0.05, 0) is 25.8 Å². The van der Waals surface area contributed by atoms with Gasteiger partial charge in [0, 0.05) is 36.2 Å². The SMILES string of the molecule is Cc1nc(-c2cc[nH]c2)c2n1CC(N)CC2. The van der Waals surface area contributed by atoms with E-state index in [1.165, 1.54) is 11.3 Å². The van der Waals surface area contributed by atoms with Crippen molar-refractivity contribution >= 4 is 0 Å². The lowest BCUT2D eigenvalue weighted by atomic mass is 10.0. The third-order valence-electron chi connectivity index (χ3n) is 3.30. The number of aromatic amines is 1. The Balaban J connectivity index is 2.12. The summed E-state index contributed by atoms with van der Waals surface area (Å²) in [6, 6.07) is 2.34. The van der Waals surface area contributed by atoms with E-state index in [1.54, 1.807) is 0 Å². The van der Waals surface area contributed by atoms with Gasteiger partial charge in [-0.15, -0.1) is 0 Å². The maximum absolute atomic E-state index is 5.99. The van der Waals surface area contributed by atoms with Crippen molar-refractivity contribution in [3.63, 3.8) is 0 Å². The highest BCUT2D eigenvalue weighted by Crippen LogP contribution is 2.27. The molecule has 84 valence electrons. The number of hydrogen-bond donors (Lipinski definition) is 2. The highest BCUT2D eigenvalue weighted by Gasteiger charge is 2.22. The molecule has 0 saturated carbocycles. The minimum absolute atomic E-state index is 0.277. The van der Waals surface area contributed by atoms with Gasteiger partial charge in [-0.25, -0.2) is 4.98 Å². The maximum atomic E-state index is 5.99. The van der Waals surface area contributed by atoms with Crippen LogP contribution in [0.15, 0.2) is 18.5 Å². The lowest BCUT2D eigenvalue weighted by molar-refractivity contribution is 0.454. The molecule has 0 aliphatic carbocycles. The van der Waals surface area contributed by atoms with Gasteiger partial charge in [0.05, 0.1) is 5.69 Å². The van der Waals surface area contributed by atoms with E-state index in [4.69, 9.17) is 5.73 Å². The molecule has 0 aromatic carbocycles. The fourth-order valence-electron chi connectivity index (χ4n) is 2.46. The van der Waals surface area contributed by atoms with Crippen LogP contribution in [0.3, 0.4) is 0 Å². The number of H-pyrrole nitrogens is 1. The maximum Gasteiger partial charge on any atom is 0.106 e. The minimum atomic E-state index is 0.277. The lowest BCUT2D eigenvalue weighted by Gasteiger charge is -2.22. The molecule has 16 heavy (non-hydrogen) atoms. The number of fused-ring (bicyclic) bond motifs is 1. The predicted octanol–water partition coefficient (Wildman–Crippen LogP) is 1.46. The molecule has 2 aromatic rings. The van der Waals surface area contributed by atoms with Crippen LogP contribution >= 0.6 is 0 Å². The minimum Gasteiger partial charge on any atom is -0.367 e. The Kier molecular flexibility index (Phi) is 2.11. The number of nitrogens with zero attached hydrogens (tertiary/aromatic N) is 2. The van der Waals surface area contributed by atoms with Crippen LogP contribution in [0.2, 0.25) is 0 Å². The zero-order chi connectivity index (χ0) is 11.1. The van der Waals surface area contributed by atoms with Crippen LogP contribution in [0.5, 0.6) is 0 Å². The molecule has 4 heteroatoms. The first-order valence-electron chi connectivity index (χ1n) is 5.70. The third kappa shape index (κ3) is 1.38. The Morgan fingerprint density at radius 1 is 1.56 bits per heavy atom. The van der Waals surface area contributed by atoms with Crippen molar-refractivity contribution in [1.29, 1.82) is 0 Å². The smallest absolute Gasteiger partial charge is 0.106 e. The van der Waals surface area contributed by atoms with Crippen molar-refractivity contribution in [2.75, 3.05) is 0 Å². The summed E-state index contributed by atoms with van der Waals surface area (Å²) >= 11 is 0. The summed E-state index contributed by atoms with van der Waals surface area (Å²) in [6.07, 6.45) is 6.02. The average molecular weight is 216 g/mol. The topological polar surface area (TPSA) is 59.6 Å². The molecule has 1 aliphatic rings. The molecule has 3 rings (SSSR count). The number of nitrogens with one attached hydrogen (secondary N) is 1. The van der Waals surface area contributed by atoms with E-state index in [0.29, 0.717) is 0 Å². The summed E-state index contributed by atoms with van der Waals surface area (Å²) in [4.78, 5) is 7.74. The third-order valence-corrected chi connectivity index (χ3v) is 3.30. The molecule has 0 fully saturated rings. The second kappa shape index (κ2) is 3.49. The number of imidazole rings is 1. The second-order valence-corrected chi connectivity index (χ2v) is 4.46. The first kappa shape index (κ1) is 9.66. The van der Waals surface area contributed by atoms with Gasteiger partial charge >= 0.3 is 0 Å². The normalized spacial score (nSPS) is 19.8. The van der Waals surface area contributed by atoms with Gasteiger partial charge < -0.3 is 15.3 Å². The monoisotopic (exact) mass is 216 g/mol. The van der Waals surface area contributed by atoms with Crippen LogP contribution in [-0.2, 0) is 13.0 Å². The molecule has 1 atom stereocenters. The molecule has 1 unspecified atom stereocenters. The molecule has 3 heterocycles. The lowest BCUT2D eigenvalue weighted by Crippen LogP contribution is -2.32. The zero-order valence-corrected chi connectivity index (χ0v) is 9.40. The fourth-order valence-corrected chi connectivity index (χ4v) is 2.46. The summed E-state index contributed by atoms with van der Waals surface area (Å²) < 4.78 is 2.26. The van der Waals surface area contributed by atoms with Crippen molar-refractivity contribution in [1.82, 2.24) is 14.5 Å². The number of aromatic nitrogens is 3. The number of nitrogens with two attached hydrogens (primary N) is 1. The molecule has 0 saturated heterocycles. The molecule has 0 bridgehead atoms. The van der Waals surface area contributed by atoms with Gasteiger partial charge in [0.1, 0.15) is 5.82 Å². The summed E-state index contributed by atoms with van der Waals surface area (Å²) in [5.41, 5.74) is 9.61. The largest absolute Gasteiger partial charge is 0.367 e. The number of rotatable bonds is 1. The van der Waals surface area contributed by atoms with E-state index in [-0.39, 0.29) is 6.04 Å². The van der Waals surface area contributed by atoms with Crippen molar-refractivity contribution in [3.8, 4) is 11.3 Å². The Labute approximate surface area is 94.5 Å². The molecule has 1 aliphatic heterocycles. The summed E-state index contributed by atoms with van der Waals surface area (Å²) in [5.74, 6) is 1.07. The summed E-state index contributed by atoms with van der Waals surface area (Å²) in [7, 11) is 0. The van der Waals surface area contributed by atoms with E-state index in [2.05, 4.69) is 27.5 Å². The van der Waals surface area contributed by atoms with Crippen LogP contribution < -0.4 is 5.73 Å². The van der Waals surface area contributed by atoms with Gasteiger partial charge in [0.25, 0.3) is 0 Å². The first-order chi connectivity index (χ1) is 7.75. The van der Waals surface area contributed by atoms with E-state index < -0.39 is 0 Å². The van der Waals surface area contributed by atoms with E-state index in [1.807, 2.05) is 12.4 Å². The van der Waals surface area contributed by atoms with E-state index in [9.17, 15) is 0 Å². The zero-order valence-electron chi connectivity index (χ0n) is 9.40. The highest BCUT2D eigenvalue weighted by atomic mass is 15.1. The van der Waals surface area contributed by atoms with Crippen molar-refractivity contribution in [2.45, 2.75) is 32.4 Å². The van der Waals surface area contributed by atoms with Crippen LogP contribution in [0.1, 0.15) is 17.9 Å². The molecule has 0 spiro atoms. The Bertz CT molecular complexity index is 495. The molecule has 3 N–H and O–H groups in total. The first-order valence-corrected chi connectivity index (χ1v) is 5.70. The predicted molar refractivity (Wildman–Crippen MR) is 63.0 cm³/mol. The number of aryl methyl sites for hydroxylation is 1. The molecule has 4 nitrogen and oxygen atoms in total. The van der Waals surface area contributed by atoms with Gasteiger partial charge in [0.15, 0.2) is 0 Å². The van der Waals surface area contributed by atoms with Gasteiger partial charge in [-0.2, -0.15) is 0 Å². The van der Waals surface area contributed by atoms with E-state index >= 15 is 0 Å². The molecular weight excluding hydrogens is 200 g/mol. The van der Waals surface area contributed by atoms with Crippen LogP contribution in [-0.4, -0.2) is 20.6 Å². The Hall–Kier alpha value is -1.55. The van der Waals surface area contributed by atoms with E-state index in [0.717, 1.165) is 30.9 Å². The quantitative estimate of drug-likeness (QED) is 0.758. The second-order valence-electron chi connectivity index (χ2n) is 4.46.